The smallest absolute Gasteiger partial charge is 0.0990 e. The van der Waals surface area contributed by atoms with E-state index in [4.69, 9.17) is 0 Å². The summed E-state index contributed by atoms with van der Waals surface area (Å²) in [5.41, 5.74) is 2.04. The molecule has 3 unspecified atom stereocenters. The first kappa shape index (κ1) is 12.6. The minimum atomic E-state index is -0.375. The van der Waals surface area contributed by atoms with Gasteiger partial charge >= 0.3 is 0 Å². The van der Waals surface area contributed by atoms with Crippen LogP contribution in [-0.4, -0.2) is 10.1 Å². The average Bonchev–Trinajstić information content (AvgIpc) is 2.38. The van der Waals surface area contributed by atoms with Gasteiger partial charge in [-0.05, 0) is 42.9 Å². The zero-order chi connectivity index (χ0) is 12.3. The molecule has 0 saturated heterocycles. The van der Waals surface area contributed by atoms with Crippen LogP contribution >= 0.6 is 0 Å². The van der Waals surface area contributed by atoms with E-state index in [0.717, 1.165) is 12.1 Å². The van der Waals surface area contributed by atoms with Gasteiger partial charge < -0.3 is 5.11 Å². The monoisotopic (exact) mass is 233 g/mol. The Morgan fingerprint density at radius 3 is 2.88 bits per heavy atom. The zero-order valence-corrected chi connectivity index (χ0v) is 10.9. The molecule has 0 aromatic carbocycles. The number of hydrogen-bond acceptors (Lipinski definition) is 2. The highest BCUT2D eigenvalue weighted by molar-refractivity contribution is 5.17. The van der Waals surface area contributed by atoms with Crippen molar-refractivity contribution in [1.82, 2.24) is 4.98 Å². The van der Waals surface area contributed by atoms with Crippen molar-refractivity contribution >= 4 is 0 Å². The summed E-state index contributed by atoms with van der Waals surface area (Å²) in [5.74, 6) is 1.07. The molecule has 1 N–H and O–H groups in total. The van der Waals surface area contributed by atoms with Crippen molar-refractivity contribution in [3.05, 3.63) is 29.6 Å². The molecule has 0 amide bonds. The summed E-state index contributed by atoms with van der Waals surface area (Å²) in [4.78, 5) is 4.33. The van der Waals surface area contributed by atoms with Gasteiger partial charge in [-0.3, -0.25) is 4.98 Å². The molecule has 2 rings (SSSR count). The van der Waals surface area contributed by atoms with Gasteiger partial charge in [-0.2, -0.15) is 0 Å². The normalized spacial score (nSPS) is 26.8. The Hall–Kier alpha value is -0.890. The van der Waals surface area contributed by atoms with Crippen LogP contribution in [0.5, 0.6) is 0 Å². The maximum absolute atomic E-state index is 10.5. The second-order valence-corrected chi connectivity index (χ2v) is 5.32. The largest absolute Gasteiger partial charge is 0.387 e. The molecule has 3 atom stereocenters. The van der Waals surface area contributed by atoms with Crippen LogP contribution in [0.25, 0.3) is 0 Å². The first-order valence-electron chi connectivity index (χ1n) is 6.83. The lowest BCUT2D eigenvalue weighted by Crippen LogP contribution is -2.25. The number of aliphatic hydroxyl groups excluding tert-OH is 1. The zero-order valence-electron chi connectivity index (χ0n) is 10.9. The van der Waals surface area contributed by atoms with Gasteiger partial charge in [-0.1, -0.05) is 32.6 Å². The highest BCUT2D eigenvalue weighted by Crippen LogP contribution is 2.39. The van der Waals surface area contributed by atoms with Crippen LogP contribution in [0, 0.1) is 18.8 Å². The quantitative estimate of drug-likeness (QED) is 0.864. The van der Waals surface area contributed by atoms with Gasteiger partial charge in [0, 0.05) is 6.20 Å². The van der Waals surface area contributed by atoms with Crippen LogP contribution in [0.3, 0.4) is 0 Å². The van der Waals surface area contributed by atoms with Crippen molar-refractivity contribution in [1.29, 1.82) is 0 Å². The summed E-state index contributed by atoms with van der Waals surface area (Å²) in [5, 5.41) is 10.5. The lowest BCUT2D eigenvalue weighted by atomic mass is 9.74. The van der Waals surface area contributed by atoms with Crippen LogP contribution in [-0.2, 0) is 0 Å². The highest BCUT2D eigenvalue weighted by Gasteiger charge is 2.31. The van der Waals surface area contributed by atoms with E-state index < -0.39 is 0 Å². The summed E-state index contributed by atoms with van der Waals surface area (Å²) >= 11 is 0. The highest BCUT2D eigenvalue weighted by atomic mass is 16.3. The van der Waals surface area contributed by atoms with Crippen LogP contribution in [0.4, 0.5) is 0 Å². The molecule has 94 valence electrons. The van der Waals surface area contributed by atoms with Crippen molar-refractivity contribution in [3.8, 4) is 0 Å². The minimum Gasteiger partial charge on any atom is -0.387 e. The molecular formula is C15H23NO. The Labute approximate surface area is 104 Å². The van der Waals surface area contributed by atoms with Gasteiger partial charge in [-0.25, -0.2) is 0 Å². The summed E-state index contributed by atoms with van der Waals surface area (Å²) in [6.45, 7) is 4.29. The SMILES string of the molecule is CCC1CCCCC1C(O)c1cc(C)ccn1. The lowest BCUT2D eigenvalue weighted by molar-refractivity contribution is 0.0421. The predicted octanol–water partition coefficient (Wildman–Crippen LogP) is 3.64. The number of nitrogens with zero attached hydrogens (tertiary/aromatic N) is 1. The first-order chi connectivity index (χ1) is 8.22. The lowest BCUT2D eigenvalue weighted by Gasteiger charge is -2.34. The van der Waals surface area contributed by atoms with E-state index >= 15 is 0 Å². The Bertz CT molecular complexity index is 364. The first-order valence-corrected chi connectivity index (χ1v) is 6.83. The number of aromatic nitrogens is 1. The Morgan fingerprint density at radius 1 is 1.41 bits per heavy atom. The number of aliphatic hydroxyl groups is 1. The maximum Gasteiger partial charge on any atom is 0.0990 e. The third kappa shape index (κ3) is 2.86. The van der Waals surface area contributed by atoms with E-state index in [1.54, 1.807) is 6.20 Å². The van der Waals surface area contributed by atoms with Gasteiger partial charge in [0.1, 0.15) is 0 Å². The second-order valence-electron chi connectivity index (χ2n) is 5.32. The van der Waals surface area contributed by atoms with Gasteiger partial charge in [0.2, 0.25) is 0 Å². The van der Waals surface area contributed by atoms with E-state index in [-0.39, 0.29) is 6.10 Å². The van der Waals surface area contributed by atoms with E-state index in [2.05, 4.69) is 18.8 Å². The summed E-state index contributed by atoms with van der Waals surface area (Å²) in [6, 6.07) is 4.00. The van der Waals surface area contributed by atoms with Crippen LogP contribution < -0.4 is 0 Å². The second kappa shape index (κ2) is 5.63. The van der Waals surface area contributed by atoms with E-state index in [0.29, 0.717) is 11.8 Å². The summed E-state index contributed by atoms with van der Waals surface area (Å²) in [6.07, 6.45) is 7.59. The minimum absolute atomic E-state index is 0.375. The molecule has 1 aliphatic carbocycles. The molecule has 0 bridgehead atoms. The molecule has 1 fully saturated rings. The predicted molar refractivity (Wildman–Crippen MR) is 69.7 cm³/mol. The fourth-order valence-electron chi connectivity index (χ4n) is 3.10. The Kier molecular flexibility index (Phi) is 4.16. The molecule has 0 radical (unpaired) electrons. The Balaban J connectivity index is 2.15. The van der Waals surface area contributed by atoms with Crippen molar-refractivity contribution in [3.63, 3.8) is 0 Å². The average molecular weight is 233 g/mol. The number of pyridine rings is 1. The van der Waals surface area contributed by atoms with E-state index in [1.807, 2.05) is 12.1 Å². The van der Waals surface area contributed by atoms with Crippen LogP contribution in [0.1, 0.15) is 56.4 Å². The molecule has 1 heterocycles. The standard InChI is InChI=1S/C15H23NO/c1-3-12-6-4-5-7-13(12)15(17)14-10-11(2)8-9-16-14/h8-10,12-13,15,17H,3-7H2,1-2H3. The molecule has 1 aromatic rings. The molecule has 1 saturated carbocycles. The molecule has 17 heavy (non-hydrogen) atoms. The van der Waals surface area contributed by atoms with E-state index in [1.165, 1.54) is 31.2 Å². The molecule has 2 nitrogen and oxygen atoms in total. The topological polar surface area (TPSA) is 33.1 Å². The van der Waals surface area contributed by atoms with Crippen LogP contribution in [0.2, 0.25) is 0 Å². The molecule has 1 aliphatic rings. The van der Waals surface area contributed by atoms with Crippen molar-refractivity contribution in [2.75, 3.05) is 0 Å². The number of hydrogen-bond donors (Lipinski definition) is 1. The summed E-state index contributed by atoms with van der Waals surface area (Å²) in [7, 11) is 0. The molecule has 0 spiro atoms. The molecular weight excluding hydrogens is 210 g/mol. The van der Waals surface area contributed by atoms with E-state index in [9.17, 15) is 5.11 Å². The maximum atomic E-state index is 10.5. The molecule has 2 heteroatoms. The summed E-state index contributed by atoms with van der Waals surface area (Å²) < 4.78 is 0. The number of aryl methyl sites for hydroxylation is 1. The van der Waals surface area contributed by atoms with Crippen molar-refractivity contribution < 1.29 is 5.11 Å². The fraction of sp³-hybridized carbons (Fsp3) is 0.667. The third-order valence-corrected chi connectivity index (χ3v) is 4.14. The Morgan fingerprint density at radius 2 is 2.18 bits per heavy atom. The van der Waals surface area contributed by atoms with Gasteiger partial charge in [-0.15, -0.1) is 0 Å². The van der Waals surface area contributed by atoms with Crippen molar-refractivity contribution in [2.24, 2.45) is 11.8 Å². The van der Waals surface area contributed by atoms with Gasteiger partial charge in [0.25, 0.3) is 0 Å². The van der Waals surface area contributed by atoms with Gasteiger partial charge in [0.05, 0.1) is 11.8 Å². The number of rotatable bonds is 3. The molecule has 0 aliphatic heterocycles. The molecule has 1 aromatic heterocycles. The fourth-order valence-corrected chi connectivity index (χ4v) is 3.10. The third-order valence-electron chi connectivity index (χ3n) is 4.14. The van der Waals surface area contributed by atoms with Crippen LogP contribution in [0.15, 0.2) is 18.3 Å². The van der Waals surface area contributed by atoms with Gasteiger partial charge in [0.15, 0.2) is 0 Å². The van der Waals surface area contributed by atoms with Crippen molar-refractivity contribution in [2.45, 2.75) is 52.1 Å².